The van der Waals surface area contributed by atoms with Gasteiger partial charge in [0.25, 0.3) is 0 Å². The fourth-order valence-corrected chi connectivity index (χ4v) is 3.54. The van der Waals surface area contributed by atoms with Crippen LogP contribution in [0.1, 0.15) is 35.9 Å². The Morgan fingerprint density at radius 3 is 2.64 bits per heavy atom. The quantitative estimate of drug-likeness (QED) is 0.239. The number of halogens is 1. The molecule has 0 bridgehead atoms. The fourth-order valence-electron chi connectivity index (χ4n) is 2.27. The molecule has 1 aromatic heterocycles. The second kappa shape index (κ2) is 9.77. The fraction of sp³-hybridized carbons (Fsp3) is 0.444. The number of carbonyl (C=O) groups excluding carboxylic acids is 2. The lowest BCUT2D eigenvalue weighted by Gasteiger charge is -2.10. The minimum atomic E-state index is -0.346. The summed E-state index contributed by atoms with van der Waals surface area (Å²) >= 11 is 4.76. The van der Waals surface area contributed by atoms with E-state index in [0.29, 0.717) is 29.6 Å². The number of alkyl halides is 1. The number of hydrogen-bond acceptors (Lipinski definition) is 6. The lowest BCUT2D eigenvalue weighted by Crippen LogP contribution is -2.07. The van der Waals surface area contributed by atoms with Crippen LogP contribution in [0.25, 0.3) is 10.1 Å². The van der Waals surface area contributed by atoms with Crippen LogP contribution in [0, 0.1) is 0 Å². The predicted molar refractivity (Wildman–Crippen MR) is 102 cm³/mol. The van der Waals surface area contributed by atoms with Crippen LogP contribution >= 0.6 is 27.3 Å². The van der Waals surface area contributed by atoms with Crippen molar-refractivity contribution in [2.45, 2.75) is 26.2 Å². The number of thiophene rings is 1. The molecule has 0 saturated heterocycles. The van der Waals surface area contributed by atoms with Gasteiger partial charge in [0.15, 0.2) is 17.3 Å². The van der Waals surface area contributed by atoms with Crippen LogP contribution in [-0.2, 0) is 9.53 Å². The summed E-state index contributed by atoms with van der Waals surface area (Å²) < 4.78 is 16.9. The first-order chi connectivity index (χ1) is 12.1. The summed E-state index contributed by atoms with van der Waals surface area (Å²) in [6.45, 7) is 2.66. The van der Waals surface area contributed by atoms with Crippen molar-refractivity contribution in [3.63, 3.8) is 0 Å². The monoisotopic (exact) mass is 428 g/mol. The molecule has 0 atom stereocenters. The van der Waals surface area contributed by atoms with Crippen LogP contribution in [-0.4, -0.2) is 37.4 Å². The largest absolute Gasteiger partial charge is 0.493 e. The molecule has 0 N–H and O–H groups in total. The zero-order valence-electron chi connectivity index (χ0n) is 14.3. The van der Waals surface area contributed by atoms with Crippen molar-refractivity contribution < 1.29 is 23.8 Å². The van der Waals surface area contributed by atoms with E-state index in [1.54, 1.807) is 14.0 Å². The molecule has 0 amide bonds. The molecule has 2 aromatic rings. The Balaban J connectivity index is 2.14. The highest BCUT2D eigenvalue weighted by Gasteiger charge is 2.15. The van der Waals surface area contributed by atoms with E-state index in [2.05, 4.69) is 15.9 Å². The van der Waals surface area contributed by atoms with E-state index >= 15 is 0 Å². The van der Waals surface area contributed by atoms with E-state index in [1.807, 2.05) is 18.2 Å². The number of ketones is 1. The number of fused-ring (bicyclic) bond motifs is 1. The number of methoxy groups -OCH3 is 1. The average Bonchev–Trinajstić information content (AvgIpc) is 3.02. The Bertz CT molecular complexity index is 740. The molecule has 136 valence electrons. The van der Waals surface area contributed by atoms with Crippen molar-refractivity contribution in [2.24, 2.45) is 0 Å². The highest BCUT2D eigenvalue weighted by atomic mass is 79.9. The highest BCUT2D eigenvalue weighted by Crippen LogP contribution is 2.37. The molecule has 0 saturated carbocycles. The van der Waals surface area contributed by atoms with Crippen molar-refractivity contribution in [2.75, 3.05) is 25.7 Å². The first-order valence-electron chi connectivity index (χ1n) is 8.08. The molecule has 0 unspecified atom stereocenters. The molecule has 25 heavy (non-hydrogen) atoms. The van der Waals surface area contributed by atoms with Crippen molar-refractivity contribution in [3.05, 3.63) is 23.1 Å². The SMILES string of the molecule is CCOC(=O)CCC(=O)c1cc2cc(OCCCBr)c(OC)cc2s1. The number of esters is 1. The zero-order chi connectivity index (χ0) is 18.2. The maximum absolute atomic E-state index is 12.3. The molecule has 0 spiro atoms. The number of hydrogen-bond donors (Lipinski definition) is 0. The Morgan fingerprint density at radius 2 is 1.96 bits per heavy atom. The number of benzene rings is 1. The van der Waals surface area contributed by atoms with Crippen LogP contribution in [0.4, 0.5) is 0 Å². The molecule has 0 fully saturated rings. The Morgan fingerprint density at radius 1 is 1.16 bits per heavy atom. The lowest BCUT2D eigenvalue weighted by molar-refractivity contribution is -0.143. The number of rotatable bonds is 10. The van der Waals surface area contributed by atoms with Gasteiger partial charge in [0.1, 0.15) is 0 Å². The van der Waals surface area contributed by atoms with Gasteiger partial charge in [-0.2, -0.15) is 0 Å². The molecule has 7 heteroatoms. The molecule has 0 aliphatic rings. The van der Waals surface area contributed by atoms with Crippen molar-refractivity contribution in [1.29, 1.82) is 0 Å². The molecule has 1 heterocycles. The summed E-state index contributed by atoms with van der Waals surface area (Å²) in [5.74, 6) is 0.907. The van der Waals surface area contributed by atoms with Crippen molar-refractivity contribution in [3.8, 4) is 11.5 Å². The maximum Gasteiger partial charge on any atom is 0.306 e. The van der Waals surface area contributed by atoms with Crippen molar-refractivity contribution >= 4 is 49.1 Å². The summed E-state index contributed by atoms with van der Waals surface area (Å²) in [5.41, 5.74) is 0. The molecule has 0 aliphatic heterocycles. The van der Waals surface area contributed by atoms with E-state index in [1.165, 1.54) is 11.3 Å². The van der Waals surface area contributed by atoms with Gasteiger partial charge in [-0.15, -0.1) is 11.3 Å². The summed E-state index contributed by atoms with van der Waals surface area (Å²) in [4.78, 5) is 24.3. The average molecular weight is 429 g/mol. The van der Waals surface area contributed by atoms with Gasteiger partial charge in [0.05, 0.1) is 31.6 Å². The van der Waals surface area contributed by atoms with E-state index in [0.717, 1.165) is 21.8 Å². The highest BCUT2D eigenvalue weighted by molar-refractivity contribution is 9.09. The third-order valence-corrected chi connectivity index (χ3v) is 5.17. The van der Waals surface area contributed by atoms with Gasteiger partial charge >= 0.3 is 5.97 Å². The molecular formula is C18H21BrO5S. The molecule has 5 nitrogen and oxygen atoms in total. The van der Waals surface area contributed by atoms with E-state index in [9.17, 15) is 9.59 Å². The molecule has 0 aliphatic carbocycles. The number of Topliss-reactive ketones (excluding diaryl/α,β-unsaturated/α-hetero) is 1. The zero-order valence-corrected chi connectivity index (χ0v) is 16.7. The first kappa shape index (κ1) is 19.7. The van der Waals surface area contributed by atoms with Gasteiger partial charge in [-0.1, -0.05) is 15.9 Å². The summed E-state index contributed by atoms with van der Waals surface area (Å²) in [7, 11) is 1.59. The number of carbonyl (C=O) groups is 2. The van der Waals surface area contributed by atoms with Crippen LogP contribution in [0.3, 0.4) is 0 Å². The van der Waals surface area contributed by atoms with Crippen LogP contribution in [0.5, 0.6) is 11.5 Å². The lowest BCUT2D eigenvalue weighted by atomic mass is 10.1. The summed E-state index contributed by atoms with van der Waals surface area (Å²) in [6, 6.07) is 5.61. The smallest absolute Gasteiger partial charge is 0.306 e. The van der Waals surface area contributed by atoms with Gasteiger partial charge in [-0.3, -0.25) is 9.59 Å². The second-order valence-corrected chi connectivity index (χ2v) is 7.15. The predicted octanol–water partition coefficient (Wildman–Crippen LogP) is 4.60. The van der Waals surface area contributed by atoms with E-state index < -0.39 is 0 Å². The minimum Gasteiger partial charge on any atom is -0.493 e. The van der Waals surface area contributed by atoms with Gasteiger partial charge in [-0.25, -0.2) is 0 Å². The van der Waals surface area contributed by atoms with Gasteiger partial charge in [0.2, 0.25) is 0 Å². The molecule has 2 rings (SSSR count). The van der Waals surface area contributed by atoms with E-state index in [-0.39, 0.29) is 24.6 Å². The minimum absolute atomic E-state index is 0.0602. The van der Waals surface area contributed by atoms with Crippen molar-refractivity contribution in [1.82, 2.24) is 0 Å². The standard InChI is InChI=1S/C18H21BrO5S/c1-3-23-18(21)6-5-13(20)17-10-12-9-15(24-8-4-7-19)14(22-2)11-16(12)25-17/h9-11H,3-8H2,1-2H3. The normalized spacial score (nSPS) is 10.7. The van der Waals surface area contributed by atoms with Crippen LogP contribution in [0.2, 0.25) is 0 Å². The Kier molecular flexibility index (Phi) is 7.71. The van der Waals surface area contributed by atoms with Gasteiger partial charge in [0, 0.05) is 22.5 Å². The van der Waals surface area contributed by atoms with Crippen LogP contribution in [0.15, 0.2) is 18.2 Å². The molecular weight excluding hydrogens is 408 g/mol. The molecule has 1 aromatic carbocycles. The van der Waals surface area contributed by atoms with Gasteiger partial charge < -0.3 is 14.2 Å². The summed E-state index contributed by atoms with van der Waals surface area (Å²) in [6.07, 6.45) is 1.14. The Hall–Kier alpha value is -1.60. The Labute approximate surface area is 159 Å². The van der Waals surface area contributed by atoms with E-state index in [4.69, 9.17) is 14.2 Å². The second-order valence-electron chi connectivity index (χ2n) is 5.27. The maximum atomic E-state index is 12.3. The van der Waals surface area contributed by atoms with Crippen LogP contribution < -0.4 is 9.47 Å². The third-order valence-electron chi connectivity index (χ3n) is 3.47. The first-order valence-corrected chi connectivity index (χ1v) is 10.0. The number of ether oxygens (including phenoxy) is 3. The topological polar surface area (TPSA) is 61.8 Å². The third kappa shape index (κ3) is 5.44. The molecule has 0 radical (unpaired) electrons. The summed E-state index contributed by atoms with van der Waals surface area (Å²) in [5, 5.41) is 1.80. The van der Waals surface area contributed by atoms with Gasteiger partial charge in [-0.05, 0) is 30.9 Å².